The lowest BCUT2D eigenvalue weighted by atomic mass is 10.3. The maximum atomic E-state index is 10.6. The van der Waals surface area contributed by atoms with Crippen molar-refractivity contribution in [3.8, 4) is 0 Å². The second kappa shape index (κ2) is 3.00. The highest BCUT2D eigenvalue weighted by atomic mass is 16.1. The molecule has 0 atom stereocenters. The quantitative estimate of drug-likeness (QED) is 0.556. The molecular weight excluding hydrogens is 158 g/mol. The number of nitrogens with zero attached hydrogens (tertiary/aromatic N) is 1. The number of hydrogen-bond donors (Lipinski definition) is 2. The van der Waals surface area contributed by atoms with Gasteiger partial charge in [-0.25, -0.2) is 0 Å². The Labute approximate surface area is 67.9 Å². The Kier molecular flexibility index (Phi) is 2.05. The van der Waals surface area contributed by atoms with E-state index in [1.165, 1.54) is 18.3 Å². The number of carbonyl (C=O) groups is 2. The van der Waals surface area contributed by atoms with Crippen LogP contribution in [0.4, 0.5) is 0 Å². The highest BCUT2D eigenvalue weighted by Gasteiger charge is 2.00. The standard InChI is InChI=1S/C7H7N3O2/c8-6-2-1-5(7(9)12)3-10(6)4-11/h1-4,8H,(H2,9,12). The first-order valence-corrected chi connectivity index (χ1v) is 3.17. The van der Waals surface area contributed by atoms with E-state index in [-0.39, 0.29) is 11.1 Å². The summed E-state index contributed by atoms with van der Waals surface area (Å²) in [6, 6.07) is 2.72. The molecule has 0 bridgehead atoms. The lowest BCUT2D eigenvalue weighted by Crippen LogP contribution is -2.21. The van der Waals surface area contributed by atoms with Crippen LogP contribution in [0, 0.1) is 5.41 Å². The van der Waals surface area contributed by atoms with Crippen LogP contribution in [0.25, 0.3) is 0 Å². The van der Waals surface area contributed by atoms with Crippen molar-refractivity contribution in [2.45, 2.75) is 0 Å². The smallest absolute Gasteiger partial charge is 0.250 e. The Hall–Kier alpha value is -1.91. The SMILES string of the molecule is N=c1ccc(C(N)=O)cn1C=O. The molecule has 12 heavy (non-hydrogen) atoms. The van der Waals surface area contributed by atoms with E-state index in [4.69, 9.17) is 11.1 Å². The number of primary amides is 1. The lowest BCUT2D eigenvalue weighted by molar-refractivity contribution is 0.1000. The minimum absolute atomic E-state index is 0.00926. The van der Waals surface area contributed by atoms with E-state index in [1.54, 1.807) is 0 Å². The van der Waals surface area contributed by atoms with Gasteiger partial charge in [0.05, 0.1) is 5.56 Å². The number of rotatable bonds is 2. The van der Waals surface area contributed by atoms with Gasteiger partial charge in [0.2, 0.25) is 12.3 Å². The van der Waals surface area contributed by atoms with Gasteiger partial charge in [0.25, 0.3) is 0 Å². The second-order valence-corrected chi connectivity index (χ2v) is 2.18. The maximum absolute atomic E-state index is 10.6. The number of pyridine rings is 1. The van der Waals surface area contributed by atoms with Crippen molar-refractivity contribution < 1.29 is 9.59 Å². The molecule has 0 unspecified atom stereocenters. The van der Waals surface area contributed by atoms with Crippen molar-refractivity contribution in [2.75, 3.05) is 0 Å². The van der Waals surface area contributed by atoms with Gasteiger partial charge in [-0.05, 0) is 12.1 Å². The van der Waals surface area contributed by atoms with Crippen molar-refractivity contribution in [3.63, 3.8) is 0 Å². The van der Waals surface area contributed by atoms with Crippen LogP contribution < -0.4 is 11.2 Å². The molecule has 62 valence electrons. The predicted molar refractivity (Wildman–Crippen MR) is 41.0 cm³/mol. The number of carbonyl (C=O) groups excluding carboxylic acids is 2. The zero-order valence-corrected chi connectivity index (χ0v) is 6.15. The highest BCUT2D eigenvalue weighted by molar-refractivity contribution is 5.92. The van der Waals surface area contributed by atoms with Crippen LogP contribution in [-0.2, 0) is 4.79 Å². The van der Waals surface area contributed by atoms with Gasteiger partial charge in [0.15, 0.2) is 0 Å². The molecular formula is C7H7N3O2. The average Bonchev–Trinajstić information content (AvgIpc) is 2.05. The largest absolute Gasteiger partial charge is 0.366 e. The summed E-state index contributed by atoms with van der Waals surface area (Å²) in [5.41, 5.74) is 5.17. The summed E-state index contributed by atoms with van der Waals surface area (Å²) in [6.07, 6.45) is 1.66. The predicted octanol–water partition coefficient (Wildman–Crippen LogP) is -0.895. The molecule has 1 aromatic heterocycles. The number of amides is 1. The van der Waals surface area contributed by atoms with Crippen molar-refractivity contribution in [1.82, 2.24) is 4.57 Å². The van der Waals surface area contributed by atoms with E-state index in [0.717, 1.165) is 4.57 Å². The molecule has 5 heteroatoms. The first kappa shape index (κ1) is 8.19. The zero-order valence-electron chi connectivity index (χ0n) is 6.15. The van der Waals surface area contributed by atoms with Crippen LogP contribution in [0.5, 0.6) is 0 Å². The third kappa shape index (κ3) is 1.39. The molecule has 1 amide bonds. The van der Waals surface area contributed by atoms with Crippen LogP contribution >= 0.6 is 0 Å². The number of aromatic nitrogens is 1. The molecule has 1 rings (SSSR count). The van der Waals surface area contributed by atoms with Crippen LogP contribution in [0.3, 0.4) is 0 Å². The average molecular weight is 165 g/mol. The van der Waals surface area contributed by atoms with E-state index in [0.29, 0.717) is 6.41 Å². The van der Waals surface area contributed by atoms with Crippen molar-refractivity contribution in [3.05, 3.63) is 29.4 Å². The first-order valence-electron chi connectivity index (χ1n) is 3.17. The molecule has 0 aliphatic carbocycles. The van der Waals surface area contributed by atoms with E-state index in [1.807, 2.05) is 0 Å². The fourth-order valence-corrected chi connectivity index (χ4v) is 0.750. The number of nitrogens with two attached hydrogens (primary N) is 1. The molecule has 0 saturated heterocycles. The van der Waals surface area contributed by atoms with Gasteiger partial charge in [-0.2, -0.15) is 0 Å². The van der Waals surface area contributed by atoms with Gasteiger partial charge in [0.1, 0.15) is 5.49 Å². The molecule has 0 aliphatic rings. The molecule has 0 radical (unpaired) electrons. The summed E-state index contributed by atoms with van der Waals surface area (Å²) >= 11 is 0. The highest BCUT2D eigenvalue weighted by Crippen LogP contribution is 1.91. The van der Waals surface area contributed by atoms with Crippen LogP contribution in [0.2, 0.25) is 0 Å². The molecule has 0 spiro atoms. The van der Waals surface area contributed by atoms with Crippen molar-refractivity contribution >= 4 is 12.3 Å². The lowest BCUT2D eigenvalue weighted by Gasteiger charge is -1.98. The van der Waals surface area contributed by atoms with Crippen LogP contribution in [-0.4, -0.2) is 16.9 Å². The molecule has 3 N–H and O–H groups in total. The molecule has 1 aromatic rings. The summed E-state index contributed by atoms with van der Waals surface area (Å²) in [5, 5.41) is 7.19. The minimum Gasteiger partial charge on any atom is -0.366 e. The van der Waals surface area contributed by atoms with Gasteiger partial charge in [-0.15, -0.1) is 0 Å². The maximum Gasteiger partial charge on any atom is 0.250 e. The fraction of sp³-hybridized carbons (Fsp3) is 0. The summed E-state index contributed by atoms with van der Waals surface area (Å²) in [5.74, 6) is -0.620. The van der Waals surface area contributed by atoms with E-state index in [2.05, 4.69) is 0 Å². The molecule has 5 nitrogen and oxygen atoms in total. The van der Waals surface area contributed by atoms with Crippen LogP contribution in [0.1, 0.15) is 10.4 Å². The first-order chi connectivity index (χ1) is 5.65. The Morgan fingerprint density at radius 1 is 1.58 bits per heavy atom. The third-order valence-electron chi connectivity index (χ3n) is 1.38. The number of hydrogen-bond acceptors (Lipinski definition) is 3. The van der Waals surface area contributed by atoms with Gasteiger partial charge in [0, 0.05) is 6.20 Å². The second-order valence-electron chi connectivity index (χ2n) is 2.18. The van der Waals surface area contributed by atoms with Crippen molar-refractivity contribution in [2.24, 2.45) is 5.73 Å². The fourth-order valence-electron chi connectivity index (χ4n) is 0.750. The Bertz CT molecular complexity index is 380. The molecule has 0 aliphatic heterocycles. The topological polar surface area (TPSA) is 88.9 Å². The molecule has 0 fully saturated rings. The number of nitrogens with one attached hydrogen (secondary N) is 1. The van der Waals surface area contributed by atoms with E-state index >= 15 is 0 Å². The molecule has 0 saturated carbocycles. The van der Waals surface area contributed by atoms with E-state index < -0.39 is 5.91 Å². The molecule has 0 aromatic carbocycles. The normalized spacial score (nSPS) is 9.33. The minimum atomic E-state index is -0.620. The molecule has 1 heterocycles. The Morgan fingerprint density at radius 3 is 2.75 bits per heavy atom. The zero-order chi connectivity index (χ0) is 9.14. The van der Waals surface area contributed by atoms with Gasteiger partial charge >= 0.3 is 0 Å². The Balaban J connectivity index is 3.32. The van der Waals surface area contributed by atoms with Gasteiger partial charge in [-0.3, -0.25) is 19.6 Å². The summed E-state index contributed by atoms with van der Waals surface area (Å²) in [7, 11) is 0. The van der Waals surface area contributed by atoms with Crippen LogP contribution in [0.15, 0.2) is 18.3 Å². The van der Waals surface area contributed by atoms with Gasteiger partial charge < -0.3 is 5.73 Å². The summed E-state index contributed by atoms with van der Waals surface area (Å²) in [4.78, 5) is 20.9. The summed E-state index contributed by atoms with van der Waals surface area (Å²) in [6.45, 7) is 0. The summed E-state index contributed by atoms with van der Waals surface area (Å²) < 4.78 is 0.972. The Morgan fingerprint density at radius 2 is 2.25 bits per heavy atom. The third-order valence-corrected chi connectivity index (χ3v) is 1.38. The van der Waals surface area contributed by atoms with E-state index in [9.17, 15) is 9.59 Å². The van der Waals surface area contributed by atoms with Gasteiger partial charge in [-0.1, -0.05) is 0 Å². The van der Waals surface area contributed by atoms with Crippen molar-refractivity contribution in [1.29, 1.82) is 5.41 Å². The monoisotopic (exact) mass is 165 g/mol.